The van der Waals surface area contributed by atoms with Crippen LogP contribution in [0.2, 0.25) is 0 Å². The molecule has 2 bridgehead atoms. The van der Waals surface area contributed by atoms with Gasteiger partial charge in [-0.25, -0.2) is 0 Å². The number of nitrogens with zero attached hydrogens (tertiary/aromatic N) is 1. The summed E-state index contributed by atoms with van der Waals surface area (Å²) in [6, 6.07) is 7.15. The fourth-order valence-electron chi connectivity index (χ4n) is 5.71. The number of hydrogen-bond acceptors (Lipinski definition) is 4. The van der Waals surface area contributed by atoms with Crippen molar-refractivity contribution in [1.29, 1.82) is 0 Å². The molecule has 2 saturated carbocycles. The Hall–Kier alpha value is -2.37. The lowest BCUT2D eigenvalue weighted by Gasteiger charge is -2.30. The Bertz CT molecular complexity index is 828. The van der Waals surface area contributed by atoms with Crippen LogP contribution >= 0.6 is 0 Å². The third-order valence-corrected chi connectivity index (χ3v) is 7.23. The fourth-order valence-corrected chi connectivity index (χ4v) is 5.71. The van der Waals surface area contributed by atoms with Gasteiger partial charge in [0.25, 0.3) is 5.91 Å². The quantitative estimate of drug-likeness (QED) is 0.816. The summed E-state index contributed by atoms with van der Waals surface area (Å²) in [7, 11) is 0. The Balaban J connectivity index is 1.29. The Morgan fingerprint density at radius 1 is 1.18 bits per heavy atom. The van der Waals surface area contributed by atoms with E-state index in [1.807, 2.05) is 4.90 Å². The number of nitrogens with one attached hydrogen (secondary N) is 1. The predicted octanol–water partition coefficient (Wildman–Crippen LogP) is 2.69. The van der Waals surface area contributed by atoms with Crippen LogP contribution in [0.5, 0.6) is 0 Å². The zero-order valence-electron chi connectivity index (χ0n) is 16.1. The molecule has 148 valence electrons. The molecule has 0 radical (unpaired) electrons. The number of anilines is 1. The molecule has 0 aromatic heterocycles. The summed E-state index contributed by atoms with van der Waals surface area (Å²) in [4.78, 5) is 39.8. The molecule has 2 aliphatic heterocycles. The van der Waals surface area contributed by atoms with Gasteiger partial charge in [0.1, 0.15) is 6.10 Å². The number of carbonyl (C=O) groups excluding carboxylic acids is 3. The van der Waals surface area contributed by atoms with Gasteiger partial charge in [-0.05, 0) is 55.7 Å². The van der Waals surface area contributed by atoms with E-state index in [9.17, 15) is 14.4 Å². The van der Waals surface area contributed by atoms with E-state index < -0.39 is 0 Å². The first kappa shape index (κ1) is 17.7. The SMILES string of the molecule is CC1CCN(C(=O)c2cccc(NC(=O)[C@@H]3[C@@H]4C[C@@H]5[C@H]3C(=O)O[C@@H]5C4)c2)CC1. The highest BCUT2D eigenvalue weighted by Gasteiger charge is 2.63. The minimum absolute atomic E-state index is 0.0186. The van der Waals surface area contributed by atoms with E-state index >= 15 is 0 Å². The monoisotopic (exact) mass is 382 g/mol. The maximum atomic E-state index is 12.9. The van der Waals surface area contributed by atoms with Crippen molar-refractivity contribution in [3.8, 4) is 0 Å². The number of benzene rings is 1. The van der Waals surface area contributed by atoms with Gasteiger partial charge < -0.3 is 15.0 Å². The van der Waals surface area contributed by atoms with Crippen molar-refractivity contribution in [1.82, 2.24) is 4.90 Å². The molecule has 2 aliphatic carbocycles. The topological polar surface area (TPSA) is 75.7 Å². The summed E-state index contributed by atoms with van der Waals surface area (Å²) in [6.07, 6.45) is 3.80. The Morgan fingerprint density at radius 3 is 2.75 bits per heavy atom. The van der Waals surface area contributed by atoms with Crippen LogP contribution in [0.1, 0.15) is 43.0 Å². The smallest absolute Gasteiger partial charge is 0.310 e. The average molecular weight is 382 g/mol. The molecular formula is C22H26N2O4. The van der Waals surface area contributed by atoms with E-state index in [2.05, 4.69) is 12.2 Å². The van der Waals surface area contributed by atoms with Crippen LogP contribution in [0.3, 0.4) is 0 Å². The summed E-state index contributed by atoms with van der Waals surface area (Å²) in [5.74, 6) is 0.199. The summed E-state index contributed by atoms with van der Waals surface area (Å²) in [5.41, 5.74) is 1.22. The first-order valence-electron chi connectivity index (χ1n) is 10.4. The molecule has 1 aromatic carbocycles. The van der Waals surface area contributed by atoms with E-state index in [1.165, 1.54) is 0 Å². The van der Waals surface area contributed by atoms with Crippen molar-refractivity contribution in [2.75, 3.05) is 18.4 Å². The summed E-state index contributed by atoms with van der Waals surface area (Å²) >= 11 is 0. The zero-order valence-corrected chi connectivity index (χ0v) is 16.1. The van der Waals surface area contributed by atoms with Crippen molar-refractivity contribution < 1.29 is 19.1 Å². The number of piperidine rings is 1. The number of likely N-dealkylation sites (tertiary alicyclic amines) is 1. The highest BCUT2D eigenvalue weighted by molar-refractivity contribution is 5.99. The van der Waals surface area contributed by atoms with Crippen LogP contribution in [0.4, 0.5) is 5.69 Å². The van der Waals surface area contributed by atoms with Crippen molar-refractivity contribution in [3.63, 3.8) is 0 Å². The van der Waals surface area contributed by atoms with E-state index in [0.717, 1.165) is 38.8 Å². The maximum Gasteiger partial charge on any atom is 0.310 e. The molecule has 4 aliphatic rings. The van der Waals surface area contributed by atoms with Gasteiger partial charge in [0.15, 0.2) is 0 Å². The highest BCUT2D eigenvalue weighted by Crippen LogP contribution is 2.57. The van der Waals surface area contributed by atoms with Crippen LogP contribution in [-0.2, 0) is 14.3 Å². The van der Waals surface area contributed by atoms with E-state index in [1.54, 1.807) is 24.3 Å². The van der Waals surface area contributed by atoms with Crippen molar-refractivity contribution in [2.45, 2.75) is 38.7 Å². The third kappa shape index (κ3) is 2.81. The molecular weight excluding hydrogens is 356 g/mol. The zero-order chi connectivity index (χ0) is 19.4. The van der Waals surface area contributed by atoms with Crippen LogP contribution in [0, 0.1) is 29.6 Å². The second-order valence-corrected chi connectivity index (χ2v) is 8.97. The largest absolute Gasteiger partial charge is 0.462 e. The van der Waals surface area contributed by atoms with Gasteiger partial charge in [-0.1, -0.05) is 13.0 Å². The normalized spacial score (nSPS) is 33.8. The second kappa shape index (κ2) is 6.61. The first-order chi connectivity index (χ1) is 13.5. The molecule has 0 spiro atoms. The van der Waals surface area contributed by atoms with Gasteiger partial charge in [0.2, 0.25) is 5.91 Å². The van der Waals surface area contributed by atoms with E-state index in [-0.39, 0.29) is 47.6 Å². The molecule has 4 fully saturated rings. The van der Waals surface area contributed by atoms with Gasteiger partial charge in [0.05, 0.1) is 11.8 Å². The summed E-state index contributed by atoms with van der Waals surface area (Å²) in [6.45, 7) is 3.79. The highest BCUT2D eigenvalue weighted by atomic mass is 16.6. The minimum Gasteiger partial charge on any atom is -0.462 e. The minimum atomic E-state index is -0.306. The summed E-state index contributed by atoms with van der Waals surface area (Å²) in [5, 5.41) is 2.96. The van der Waals surface area contributed by atoms with Crippen molar-refractivity contribution >= 4 is 23.5 Å². The fraction of sp³-hybridized carbons (Fsp3) is 0.591. The standard InChI is InChI=1S/C22H26N2O4/c1-12-5-7-24(8-6-12)21(26)13-3-2-4-15(9-13)23-20(25)18-14-10-16-17(11-14)28-22(27)19(16)18/h2-4,9,12,14,16-19H,5-8,10-11H2,1H3,(H,23,25)/t14-,16+,17-,18-,19-/m1/s1. The molecule has 1 aromatic rings. The number of ether oxygens (including phenoxy) is 1. The molecule has 1 N–H and O–H groups in total. The number of fused-ring (bicyclic) bond motifs is 1. The van der Waals surface area contributed by atoms with Crippen molar-refractivity contribution in [2.24, 2.45) is 29.6 Å². The van der Waals surface area contributed by atoms with Crippen LogP contribution in [0.15, 0.2) is 24.3 Å². The van der Waals surface area contributed by atoms with E-state index in [4.69, 9.17) is 4.74 Å². The van der Waals surface area contributed by atoms with Gasteiger partial charge in [-0.2, -0.15) is 0 Å². The lowest BCUT2D eigenvalue weighted by molar-refractivity contribution is -0.145. The number of rotatable bonds is 3. The lowest BCUT2D eigenvalue weighted by Crippen LogP contribution is -2.38. The molecule has 6 nitrogen and oxygen atoms in total. The van der Waals surface area contributed by atoms with Gasteiger partial charge in [-0.3, -0.25) is 14.4 Å². The molecule has 2 heterocycles. The predicted molar refractivity (Wildman–Crippen MR) is 102 cm³/mol. The maximum absolute atomic E-state index is 12.9. The molecule has 5 rings (SSSR count). The van der Waals surface area contributed by atoms with Crippen LogP contribution in [0.25, 0.3) is 0 Å². The molecule has 28 heavy (non-hydrogen) atoms. The van der Waals surface area contributed by atoms with Gasteiger partial charge in [0, 0.05) is 30.3 Å². The number of amides is 2. The number of hydrogen-bond donors (Lipinski definition) is 1. The van der Waals surface area contributed by atoms with Gasteiger partial charge in [-0.15, -0.1) is 0 Å². The Morgan fingerprint density at radius 2 is 1.96 bits per heavy atom. The second-order valence-electron chi connectivity index (χ2n) is 8.97. The van der Waals surface area contributed by atoms with Crippen molar-refractivity contribution in [3.05, 3.63) is 29.8 Å². The molecule has 6 heteroatoms. The Kier molecular flexibility index (Phi) is 4.18. The van der Waals surface area contributed by atoms with E-state index in [0.29, 0.717) is 17.2 Å². The molecule has 2 saturated heterocycles. The van der Waals surface area contributed by atoms with Gasteiger partial charge >= 0.3 is 5.97 Å². The average Bonchev–Trinajstić information content (AvgIpc) is 3.31. The number of carbonyl (C=O) groups is 3. The third-order valence-electron chi connectivity index (χ3n) is 7.23. The lowest BCUT2D eigenvalue weighted by atomic mass is 9.79. The van der Waals surface area contributed by atoms with Crippen LogP contribution < -0.4 is 5.32 Å². The molecule has 0 unspecified atom stereocenters. The first-order valence-corrected chi connectivity index (χ1v) is 10.4. The van der Waals surface area contributed by atoms with Crippen LogP contribution in [-0.4, -0.2) is 41.9 Å². The molecule has 2 amide bonds. The Labute approximate surface area is 164 Å². The molecule has 5 atom stereocenters. The summed E-state index contributed by atoms with van der Waals surface area (Å²) < 4.78 is 5.43. The number of esters is 1.